The minimum atomic E-state index is 1.12. The van der Waals surface area contributed by atoms with Gasteiger partial charge in [0.25, 0.3) is 0 Å². The van der Waals surface area contributed by atoms with Crippen molar-refractivity contribution >= 4 is 66.7 Å². The van der Waals surface area contributed by atoms with Gasteiger partial charge in [0.2, 0.25) is 0 Å². The summed E-state index contributed by atoms with van der Waals surface area (Å²) in [6, 6.07) is 43.5. The van der Waals surface area contributed by atoms with Gasteiger partial charge in [-0.3, -0.25) is 0 Å². The van der Waals surface area contributed by atoms with Gasteiger partial charge in [0, 0.05) is 0 Å². The third kappa shape index (κ3) is 11.8. The van der Waals surface area contributed by atoms with Gasteiger partial charge < -0.3 is 0 Å². The van der Waals surface area contributed by atoms with Crippen LogP contribution in [-0.2, 0) is 0 Å². The Hall–Kier alpha value is -2.68. The molecular formula is C42H44S4. The van der Waals surface area contributed by atoms with Crippen molar-refractivity contribution < 1.29 is 0 Å². The first-order chi connectivity index (χ1) is 22.9. The third-order valence-electron chi connectivity index (χ3n) is 7.66. The van der Waals surface area contributed by atoms with Crippen molar-refractivity contribution in [3.05, 3.63) is 155 Å². The van der Waals surface area contributed by atoms with Crippen molar-refractivity contribution in [2.45, 2.75) is 51.4 Å². The van der Waals surface area contributed by atoms with E-state index in [-0.39, 0.29) is 0 Å². The van der Waals surface area contributed by atoms with Crippen molar-refractivity contribution in [3.63, 3.8) is 0 Å². The van der Waals surface area contributed by atoms with Crippen LogP contribution in [0.1, 0.15) is 73.6 Å². The molecule has 46 heavy (non-hydrogen) atoms. The van der Waals surface area contributed by atoms with E-state index >= 15 is 0 Å². The Morgan fingerprint density at radius 1 is 0.283 bits per heavy atom. The predicted octanol–water partition coefficient (Wildman–Crippen LogP) is 13.4. The Labute approximate surface area is 294 Å². The van der Waals surface area contributed by atoms with Crippen LogP contribution in [0.25, 0.3) is 19.6 Å². The summed E-state index contributed by atoms with van der Waals surface area (Å²) in [7, 11) is 0. The van der Waals surface area contributed by atoms with Gasteiger partial charge in [-0.25, -0.2) is 0 Å². The van der Waals surface area contributed by atoms with Gasteiger partial charge in [0.05, 0.1) is 19.6 Å². The predicted molar refractivity (Wildman–Crippen MR) is 213 cm³/mol. The zero-order valence-corrected chi connectivity index (χ0v) is 29.9. The Bertz CT molecular complexity index is 1340. The molecule has 0 aliphatic carbocycles. The zero-order chi connectivity index (χ0) is 31.5. The summed E-state index contributed by atoms with van der Waals surface area (Å²) >= 11 is 7.88. The molecule has 0 spiro atoms. The van der Waals surface area contributed by atoms with Crippen molar-refractivity contribution in [1.29, 1.82) is 0 Å². The molecule has 5 rings (SSSR count). The first-order valence-corrected chi connectivity index (χ1v) is 20.6. The van der Waals surface area contributed by atoms with E-state index in [0.29, 0.717) is 0 Å². The third-order valence-corrected chi connectivity index (χ3v) is 12.1. The Kier molecular flexibility index (Phi) is 15.5. The summed E-state index contributed by atoms with van der Waals surface area (Å²) in [6.07, 6.45) is 9.90. The highest BCUT2D eigenvalue weighted by Gasteiger charge is 2.09. The Balaban J connectivity index is 1.34. The van der Waals surface area contributed by atoms with Crippen molar-refractivity contribution in [3.8, 4) is 0 Å². The van der Waals surface area contributed by atoms with E-state index in [4.69, 9.17) is 0 Å². The van der Waals surface area contributed by atoms with Gasteiger partial charge in [-0.1, -0.05) is 158 Å². The fraction of sp³-hybridized carbons (Fsp3) is 0.286. The number of hydrogen-bond acceptors (Lipinski definition) is 4. The van der Waals surface area contributed by atoms with Crippen LogP contribution in [0, 0.1) is 0 Å². The van der Waals surface area contributed by atoms with Crippen molar-refractivity contribution in [2.75, 3.05) is 23.0 Å². The van der Waals surface area contributed by atoms with E-state index in [1.165, 1.54) is 93.2 Å². The first kappa shape index (κ1) is 34.6. The van der Waals surface area contributed by atoms with Crippen LogP contribution in [0.4, 0.5) is 0 Å². The van der Waals surface area contributed by atoms with Gasteiger partial charge in [-0.15, -0.1) is 47.0 Å². The Morgan fingerprint density at radius 2 is 0.500 bits per heavy atom. The molecule has 0 radical (unpaired) electrons. The van der Waals surface area contributed by atoms with E-state index in [9.17, 15) is 0 Å². The Morgan fingerprint density at radius 3 is 0.717 bits per heavy atom. The lowest BCUT2D eigenvalue weighted by Crippen LogP contribution is -1.89. The highest BCUT2D eigenvalue weighted by atomic mass is 32.2. The standard InChI is InChI=1S/C42H44S4/c1-2-18-30-44-40(36-23-11-6-12-24-36)34-42(38-27-15-8-16-28-38)46-32-20-4-3-19-31-45-41(37-25-13-7-14-26-37)33-39(43-29-17-1)35-21-9-5-10-22-35/h5-16,21-28H,1-4,17-20,29-32H2. The van der Waals surface area contributed by atoms with Gasteiger partial charge in [-0.05, 0) is 70.9 Å². The molecule has 0 N–H and O–H groups in total. The minimum Gasteiger partial charge on any atom is -0.117 e. The summed E-state index contributed by atoms with van der Waals surface area (Å²) in [5.74, 6) is 4.47. The lowest BCUT2D eigenvalue weighted by atomic mass is 10.2. The highest BCUT2D eigenvalue weighted by molar-refractivity contribution is 8.09. The van der Waals surface area contributed by atoms with E-state index in [1.807, 2.05) is 47.0 Å². The number of rotatable bonds is 4. The largest absolute Gasteiger partial charge is 0.117 e. The van der Waals surface area contributed by atoms with E-state index < -0.39 is 0 Å². The lowest BCUT2D eigenvalue weighted by molar-refractivity contribution is 0.712. The summed E-state index contributed by atoms with van der Waals surface area (Å²) in [5, 5.41) is 0. The van der Waals surface area contributed by atoms with Gasteiger partial charge in [0.15, 0.2) is 0 Å². The molecule has 4 heteroatoms. The average molecular weight is 677 g/mol. The smallest absolute Gasteiger partial charge is 0.0577 e. The van der Waals surface area contributed by atoms with Crippen LogP contribution < -0.4 is 0 Å². The van der Waals surface area contributed by atoms with Gasteiger partial charge >= 0.3 is 0 Å². The maximum Gasteiger partial charge on any atom is 0.0577 e. The molecule has 236 valence electrons. The molecule has 1 aliphatic rings. The number of benzene rings is 4. The molecule has 0 aromatic heterocycles. The molecule has 0 saturated heterocycles. The van der Waals surface area contributed by atoms with E-state index in [1.54, 1.807) is 0 Å². The maximum absolute atomic E-state index is 3.91. The molecule has 1 heterocycles. The second-order valence-electron chi connectivity index (χ2n) is 11.3. The quantitative estimate of drug-likeness (QED) is 0.197. The molecule has 4 aromatic rings. The normalized spacial score (nSPS) is 16.9. The minimum absolute atomic E-state index is 1.12. The van der Waals surface area contributed by atoms with Crippen LogP contribution in [-0.4, -0.2) is 23.0 Å². The highest BCUT2D eigenvalue weighted by Crippen LogP contribution is 2.36. The SMILES string of the molecule is C1=C(c2ccccc2)SCCCCCCSC(c2ccccc2)=C=C(c2ccccc2)SCCCCCCSC=1c1ccccc1. The number of hydrogen-bond donors (Lipinski definition) is 0. The maximum atomic E-state index is 3.91. The molecule has 0 bridgehead atoms. The van der Waals surface area contributed by atoms with Gasteiger partial charge in [0.1, 0.15) is 0 Å². The number of thioether (sulfide) groups is 4. The average Bonchev–Trinajstić information content (AvgIpc) is 3.12. The molecule has 0 saturated carbocycles. The van der Waals surface area contributed by atoms with Gasteiger partial charge in [-0.2, -0.15) is 0 Å². The summed E-state index contributed by atoms with van der Waals surface area (Å²) in [4.78, 5) is 5.06. The van der Waals surface area contributed by atoms with Crippen molar-refractivity contribution in [1.82, 2.24) is 0 Å². The molecule has 1 aliphatic heterocycles. The van der Waals surface area contributed by atoms with Crippen LogP contribution in [0.2, 0.25) is 0 Å². The van der Waals surface area contributed by atoms with Crippen LogP contribution in [0.3, 0.4) is 0 Å². The van der Waals surface area contributed by atoms with E-state index in [0.717, 1.165) is 23.0 Å². The summed E-state index contributed by atoms with van der Waals surface area (Å²) in [5.41, 5.74) is 12.9. The topological polar surface area (TPSA) is 0 Å². The van der Waals surface area contributed by atoms with Crippen molar-refractivity contribution in [2.24, 2.45) is 0 Å². The monoisotopic (exact) mass is 676 g/mol. The summed E-state index contributed by atoms with van der Waals surface area (Å²) in [6.45, 7) is 0. The molecule has 0 fully saturated rings. The second kappa shape index (κ2) is 20.5. The fourth-order valence-corrected chi connectivity index (χ4v) is 9.39. The molecule has 0 unspecified atom stereocenters. The zero-order valence-electron chi connectivity index (χ0n) is 26.7. The molecule has 4 aromatic carbocycles. The van der Waals surface area contributed by atoms with Crippen LogP contribution >= 0.6 is 47.0 Å². The van der Waals surface area contributed by atoms with E-state index in [2.05, 4.69) is 133 Å². The summed E-state index contributed by atoms with van der Waals surface area (Å²) < 4.78 is 0. The molecule has 0 nitrogen and oxygen atoms in total. The van der Waals surface area contributed by atoms with Crippen LogP contribution in [0.15, 0.2) is 133 Å². The fourth-order valence-electron chi connectivity index (χ4n) is 5.14. The first-order valence-electron chi connectivity index (χ1n) is 16.6. The molecule has 0 atom stereocenters. The molecule has 0 amide bonds. The van der Waals surface area contributed by atoms with Crippen LogP contribution in [0.5, 0.6) is 0 Å². The molecular weight excluding hydrogens is 633 g/mol. The lowest BCUT2D eigenvalue weighted by Gasteiger charge is -2.10. The second-order valence-corrected chi connectivity index (χ2v) is 15.7.